The molecule has 1 heterocycles. The zero-order chi connectivity index (χ0) is 11.0. The molecule has 3 rings (SSSR count). The maximum atomic E-state index is 11.2. The Morgan fingerprint density at radius 3 is 2.69 bits per heavy atom. The quantitative estimate of drug-likeness (QED) is 0.574. The lowest BCUT2D eigenvalue weighted by molar-refractivity contribution is -0.132. The van der Waals surface area contributed by atoms with Crippen molar-refractivity contribution < 1.29 is 9.53 Å². The first-order valence-corrected chi connectivity index (χ1v) is 5.21. The van der Waals surface area contributed by atoms with Crippen LogP contribution in [0, 0.1) is 0 Å². The minimum Gasteiger partial charge on any atom is -0.423 e. The number of hydrogen-bond acceptors (Lipinski definition) is 2. The first kappa shape index (κ1) is 9.16. The molecule has 0 atom stereocenters. The van der Waals surface area contributed by atoms with Crippen molar-refractivity contribution in [2.75, 3.05) is 0 Å². The molecule has 0 fully saturated rings. The molecule has 2 bridgehead atoms. The number of allylic oxidation sites excluding steroid dienone is 9. The third-order valence-corrected chi connectivity index (χ3v) is 2.70. The summed E-state index contributed by atoms with van der Waals surface area (Å²) >= 11 is 0. The van der Waals surface area contributed by atoms with Crippen molar-refractivity contribution in [2.45, 2.75) is 6.42 Å². The number of hydrogen-bond donors (Lipinski definition) is 0. The molecule has 0 radical (unpaired) electrons. The summed E-state index contributed by atoms with van der Waals surface area (Å²) in [5.74, 6) is 0.355. The predicted octanol–water partition coefficient (Wildman–Crippen LogP) is 2.74. The summed E-state index contributed by atoms with van der Waals surface area (Å²) in [7, 11) is 0. The van der Waals surface area contributed by atoms with Crippen LogP contribution in [0.15, 0.2) is 71.1 Å². The lowest BCUT2D eigenvalue weighted by Crippen LogP contribution is -1.93. The fourth-order valence-electron chi connectivity index (χ4n) is 1.95. The predicted molar refractivity (Wildman–Crippen MR) is 61.3 cm³/mol. The van der Waals surface area contributed by atoms with E-state index in [0.29, 0.717) is 5.76 Å². The number of rotatable bonds is 0. The zero-order valence-corrected chi connectivity index (χ0v) is 8.64. The summed E-state index contributed by atoms with van der Waals surface area (Å²) in [4.78, 5) is 11.2. The second-order valence-corrected chi connectivity index (χ2v) is 3.91. The monoisotopic (exact) mass is 210 g/mol. The van der Waals surface area contributed by atoms with Gasteiger partial charge in [0.25, 0.3) is 0 Å². The molecular formula is C14H10O2. The van der Waals surface area contributed by atoms with Crippen LogP contribution >= 0.6 is 0 Å². The van der Waals surface area contributed by atoms with Crippen LogP contribution in [0.3, 0.4) is 0 Å². The molecule has 0 aromatic carbocycles. The summed E-state index contributed by atoms with van der Waals surface area (Å²) in [6.45, 7) is 0. The van der Waals surface area contributed by atoms with E-state index in [9.17, 15) is 4.79 Å². The summed E-state index contributed by atoms with van der Waals surface area (Å²) < 4.78 is 5.10. The second kappa shape index (κ2) is 3.49. The Labute approximate surface area is 93.6 Å². The van der Waals surface area contributed by atoms with Gasteiger partial charge in [-0.3, -0.25) is 0 Å². The zero-order valence-electron chi connectivity index (χ0n) is 8.64. The molecule has 0 aromatic heterocycles. The topological polar surface area (TPSA) is 26.3 Å². The van der Waals surface area contributed by atoms with Crippen molar-refractivity contribution in [3.05, 3.63) is 71.1 Å². The third kappa shape index (κ3) is 1.58. The van der Waals surface area contributed by atoms with Crippen molar-refractivity contribution in [2.24, 2.45) is 0 Å². The van der Waals surface area contributed by atoms with Crippen molar-refractivity contribution in [1.82, 2.24) is 0 Å². The van der Waals surface area contributed by atoms with E-state index in [1.807, 2.05) is 30.4 Å². The van der Waals surface area contributed by atoms with Crippen LogP contribution in [-0.4, -0.2) is 5.97 Å². The van der Waals surface area contributed by atoms with Crippen LogP contribution in [0.1, 0.15) is 6.42 Å². The number of fused-ring (bicyclic) bond motifs is 3. The molecule has 2 aliphatic carbocycles. The van der Waals surface area contributed by atoms with E-state index in [1.165, 1.54) is 17.2 Å². The van der Waals surface area contributed by atoms with Crippen molar-refractivity contribution in [3.8, 4) is 0 Å². The molecule has 16 heavy (non-hydrogen) atoms. The van der Waals surface area contributed by atoms with Crippen LogP contribution in [0.4, 0.5) is 0 Å². The first-order chi connectivity index (χ1) is 7.81. The number of carbonyl (C=O) groups is 1. The third-order valence-electron chi connectivity index (χ3n) is 2.70. The highest BCUT2D eigenvalue weighted by Crippen LogP contribution is 2.28. The molecule has 78 valence electrons. The standard InChI is InChI=1S/C14H10O2/c15-14-9-12-8-11-4-2-1-3-10(7-11)5-6-13(12)16-14/h1-6,8-9H,7H2. The highest BCUT2D eigenvalue weighted by atomic mass is 16.5. The Kier molecular flexibility index (Phi) is 2.00. The second-order valence-electron chi connectivity index (χ2n) is 3.91. The van der Waals surface area contributed by atoms with Crippen molar-refractivity contribution in [3.63, 3.8) is 0 Å². The molecule has 0 saturated heterocycles. The highest BCUT2D eigenvalue weighted by Gasteiger charge is 2.19. The maximum absolute atomic E-state index is 11.2. The summed E-state index contributed by atoms with van der Waals surface area (Å²) in [5, 5.41) is 0. The largest absolute Gasteiger partial charge is 0.423 e. The Bertz CT molecular complexity index is 537. The van der Waals surface area contributed by atoms with Gasteiger partial charge in [0, 0.05) is 11.6 Å². The van der Waals surface area contributed by atoms with Gasteiger partial charge in [0.05, 0.1) is 0 Å². The molecule has 0 aromatic rings. The van der Waals surface area contributed by atoms with Gasteiger partial charge in [-0.15, -0.1) is 0 Å². The van der Waals surface area contributed by atoms with Crippen LogP contribution < -0.4 is 0 Å². The van der Waals surface area contributed by atoms with Gasteiger partial charge < -0.3 is 4.74 Å². The Hall–Kier alpha value is -2.09. The number of carbonyl (C=O) groups excluding carboxylic acids is 1. The molecule has 0 N–H and O–H groups in total. The summed E-state index contributed by atoms with van der Waals surface area (Å²) in [6.07, 6.45) is 16.4. The van der Waals surface area contributed by atoms with Gasteiger partial charge in [0.1, 0.15) is 5.76 Å². The van der Waals surface area contributed by atoms with E-state index >= 15 is 0 Å². The Balaban J connectivity index is 2.15. The highest BCUT2D eigenvalue weighted by molar-refractivity contribution is 5.89. The van der Waals surface area contributed by atoms with Gasteiger partial charge in [0.15, 0.2) is 0 Å². The molecule has 0 saturated carbocycles. The van der Waals surface area contributed by atoms with E-state index < -0.39 is 0 Å². The molecule has 0 unspecified atom stereocenters. The van der Waals surface area contributed by atoms with Crippen LogP contribution in [-0.2, 0) is 9.53 Å². The van der Waals surface area contributed by atoms with Crippen LogP contribution in [0.25, 0.3) is 0 Å². The molecule has 0 spiro atoms. The minimum absolute atomic E-state index is 0.287. The van der Waals surface area contributed by atoms with E-state index in [1.54, 1.807) is 0 Å². The molecule has 2 nitrogen and oxygen atoms in total. The SMILES string of the molecule is O=C1C=C2C=C3C=CC=CC(=CC=C2O1)C3. The van der Waals surface area contributed by atoms with Gasteiger partial charge in [-0.05, 0) is 29.7 Å². The van der Waals surface area contributed by atoms with Crippen molar-refractivity contribution in [1.29, 1.82) is 0 Å². The van der Waals surface area contributed by atoms with E-state index in [4.69, 9.17) is 4.74 Å². The lowest BCUT2D eigenvalue weighted by Gasteiger charge is -2.07. The fraction of sp³-hybridized carbons (Fsp3) is 0.0714. The smallest absolute Gasteiger partial charge is 0.336 e. The minimum atomic E-state index is -0.287. The molecule has 0 amide bonds. The Morgan fingerprint density at radius 1 is 1.00 bits per heavy atom. The number of esters is 1. The first-order valence-electron chi connectivity index (χ1n) is 5.21. The van der Waals surface area contributed by atoms with Gasteiger partial charge in [-0.25, -0.2) is 4.79 Å². The average molecular weight is 210 g/mol. The van der Waals surface area contributed by atoms with Gasteiger partial charge in [-0.1, -0.05) is 30.4 Å². The molecule has 1 aliphatic heterocycles. The molecular weight excluding hydrogens is 200 g/mol. The summed E-state index contributed by atoms with van der Waals surface area (Å²) in [6, 6.07) is 0. The van der Waals surface area contributed by atoms with E-state index in [-0.39, 0.29) is 5.97 Å². The van der Waals surface area contributed by atoms with E-state index in [0.717, 1.165) is 12.0 Å². The molecule has 2 heteroatoms. The fourth-order valence-corrected chi connectivity index (χ4v) is 1.95. The van der Waals surface area contributed by atoms with E-state index in [2.05, 4.69) is 12.2 Å². The van der Waals surface area contributed by atoms with Gasteiger partial charge in [-0.2, -0.15) is 0 Å². The number of ether oxygens (including phenoxy) is 1. The van der Waals surface area contributed by atoms with Gasteiger partial charge >= 0.3 is 5.97 Å². The Morgan fingerprint density at radius 2 is 1.81 bits per heavy atom. The van der Waals surface area contributed by atoms with Gasteiger partial charge in [0.2, 0.25) is 0 Å². The van der Waals surface area contributed by atoms with Crippen LogP contribution in [0.5, 0.6) is 0 Å². The summed E-state index contributed by atoms with van der Waals surface area (Å²) in [5.41, 5.74) is 3.26. The van der Waals surface area contributed by atoms with Crippen LogP contribution in [0.2, 0.25) is 0 Å². The normalized spacial score (nSPS) is 21.9. The lowest BCUT2D eigenvalue weighted by atomic mass is 10.00. The molecule has 3 aliphatic rings. The van der Waals surface area contributed by atoms with Crippen molar-refractivity contribution >= 4 is 5.97 Å². The maximum Gasteiger partial charge on any atom is 0.336 e. The average Bonchev–Trinajstić information content (AvgIpc) is 2.49.